The van der Waals surface area contributed by atoms with Crippen LogP contribution in [0.15, 0.2) is 89.1 Å². The van der Waals surface area contributed by atoms with Gasteiger partial charge in [0.2, 0.25) is 0 Å². The van der Waals surface area contributed by atoms with Crippen molar-refractivity contribution in [3.63, 3.8) is 0 Å². The second kappa shape index (κ2) is 11.2. The third kappa shape index (κ3) is 6.58. The lowest BCUT2D eigenvalue weighted by molar-refractivity contribution is -0.138. The molecule has 10 heteroatoms. The highest BCUT2D eigenvalue weighted by Crippen LogP contribution is 2.37. The summed E-state index contributed by atoms with van der Waals surface area (Å²) in [5, 5.41) is 10.9. The Labute approximate surface area is 221 Å². The van der Waals surface area contributed by atoms with E-state index in [1.165, 1.54) is 23.2 Å². The maximum atomic E-state index is 13.1. The highest BCUT2D eigenvalue weighted by molar-refractivity contribution is 6.37. The zero-order valence-electron chi connectivity index (χ0n) is 19.4. The van der Waals surface area contributed by atoms with E-state index >= 15 is 0 Å². The Morgan fingerprint density at radius 2 is 1.78 bits per heavy atom. The monoisotopic (exact) mass is 545 g/mol. The van der Waals surface area contributed by atoms with Crippen molar-refractivity contribution in [3.8, 4) is 0 Å². The second-order valence-corrected chi connectivity index (χ2v) is 8.99. The van der Waals surface area contributed by atoms with Gasteiger partial charge in [-0.2, -0.15) is 18.3 Å². The molecule has 0 saturated heterocycles. The standard InChI is InChI=1S/C27H20Cl2F3N3O2/c1-17(34-37-26(36)14-7-18-5-3-2-4-6-18)35-25(19-8-10-20(11-9-19)27(30,31)32)16-24(33-35)22-13-12-21(28)15-23(22)29/h2-15,25H,16H2,1H3/b14-7+,34-17-. The van der Waals surface area contributed by atoms with Gasteiger partial charge < -0.3 is 4.84 Å². The smallest absolute Gasteiger partial charge is 0.312 e. The van der Waals surface area contributed by atoms with Gasteiger partial charge in [-0.25, -0.2) is 9.80 Å². The molecule has 3 aromatic carbocycles. The summed E-state index contributed by atoms with van der Waals surface area (Å²) in [5.41, 5.74) is 1.84. The minimum atomic E-state index is -4.45. The lowest BCUT2D eigenvalue weighted by Crippen LogP contribution is -2.25. The van der Waals surface area contributed by atoms with Crippen molar-refractivity contribution in [2.45, 2.75) is 25.6 Å². The predicted molar refractivity (Wildman–Crippen MR) is 138 cm³/mol. The molecule has 0 spiro atoms. The zero-order chi connectivity index (χ0) is 26.6. The maximum Gasteiger partial charge on any atom is 0.416 e. The molecule has 5 nitrogen and oxygen atoms in total. The second-order valence-electron chi connectivity index (χ2n) is 8.15. The summed E-state index contributed by atoms with van der Waals surface area (Å²) in [7, 11) is 0. The zero-order valence-corrected chi connectivity index (χ0v) is 20.9. The normalized spacial score (nSPS) is 16.3. The van der Waals surface area contributed by atoms with E-state index in [9.17, 15) is 18.0 Å². The Kier molecular flexibility index (Phi) is 8.00. The summed E-state index contributed by atoms with van der Waals surface area (Å²) >= 11 is 12.4. The largest absolute Gasteiger partial charge is 0.416 e. The van der Waals surface area contributed by atoms with Gasteiger partial charge in [0.05, 0.1) is 22.3 Å². The van der Waals surface area contributed by atoms with Gasteiger partial charge >= 0.3 is 12.1 Å². The van der Waals surface area contributed by atoms with Crippen molar-refractivity contribution >= 4 is 46.8 Å². The number of rotatable bonds is 5. The van der Waals surface area contributed by atoms with Crippen molar-refractivity contribution in [2.75, 3.05) is 0 Å². The van der Waals surface area contributed by atoms with Crippen LogP contribution in [0.1, 0.15) is 41.6 Å². The van der Waals surface area contributed by atoms with Crippen molar-refractivity contribution in [3.05, 3.63) is 111 Å². The van der Waals surface area contributed by atoms with Gasteiger partial charge in [0.1, 0.15) is 0 Å². The van der Waals surface area contributed by atoms with E-state index in [0.717, 1.165) is 17.7 Å². The molecule has 1 heterocycles. The average Bonchev–Trinajstić information content (AvgIpc) is 3.31. The summed E-state index contributed by atoms with van der Waals surface area (Å²) in [5.74, 6) is -0.468. The number of nitrogens with zero attached hydrogens (tertiary/aromatic N) is 3. The number of hydrogen-bond acceptors (Lipinski definition) is 4. The molecule has 3 aromatic rings. The maximum absolute atomic E-state index is 13.1. The van der Waals surface area contributed by atoms with E-state index in [-0.39, 0.29) is 5.84 Å². The SMILES string of the molecule is C/C(=N/OC(=O)/C=C/c1ccccc1)N1N=C(c2ccc(Cl)cc2Cl)CC1c1ccc(C(F)(F)F)cc1. The molecular weight excluding hydrogens is 526 g/mol. The molecule has 190 valence electrons. The van der Waals surface area contributed by atoms with Crippen molar-refractivity contribution in [1.29, 1.82) is 0 Å². The molecule has 0 N–H and O–H groups in total. The van der Waals surface area contributed by atoms with Crippen molar-refractivity contribution in [2.24, 2.45) is 10.3 Å². The Bertz CT molecular complexity index is 1370. The number of carbonyl (C=O) groups is 1. The lowest BCUT2D eigenvalue weighted by atomic mass is 9.97. The summed E-state index contributed by atoms with van der Waals surface area (Å²) in [6.45, 7) is 1.58. The van der Waals surface area contributed by atoms with Gasteiger partial charge in [-0.3, -0.25) is 0 Å². The Hall–Kier alpha value is -3.62. The fraction of sp³-hybridized carbons (Fsp3) is 0.148. The van der Waals surface area contributed by atoms with E-state index < -0.39 is 23.8 Å². The molecule has 0 bridgehead atoms. The van der Waals surface area contributed by atoms with E-state index in [0.29, 0.717) is 33.3 Å². The highest BCUT2D eigenvalue weighted by atomic mass is 35.5. The number of hydrazone groups is 1. The molecule has 4 rings (SSSR count). The van der Waals surface area contributed by atoms with Gasteiger partial charge in [0.25, 0.3) is 0 Å². The van der Waals surface area contributed by atoms with Crippen LogP contribution in [0.2, 0.25) is 10.0 Å². The molecule has 37 heavy (non-hydrogen) atoms. The number of benzene rings is 3. The van der Waals surface area contributed by atoms with Crippen LogP contribution in [0, 0.1) is 0 Å². The average molecular weight is 546 g/mol. The van der Waals surface area contributed by atoms with Gasteiger partial charge in [-0.1, -0.05) is 76.9 Å². The summed E-state index contributed by atoms with van der Waals surface area (Å²) in [6.07, 6.45) is -1.30. The molecule has 1 atom stereocenters. The molecule has 0 saturated carbocycles. The summed E-state index contributed by atoms with van der Waals surface area (Å²) in [6, 6.07) is 18.5. The molecule has 0 fully saturated rings. The first-order chi connectivity index (χ1) is 17.6. The number of amidine groups is 1. The Morgan fingerprint density at radius 1 is 1.08 bits per heavy atom. The number of hydrogen-bond donors (Lipinski definition) is 0. The Balaban J connectivity index is 1.60. The third-order valence-electron chi connectivity index (χ3n) is 5.59. The minimum absolute atomic E-state index is 0.228. The van der Waals surface area contributed by atoms with E-state index in [1.54, 1.807) is 31.2 Å². The van der Waals surface area contributed by atoms with Gasteiger partial charge in [-0.15, -0.1) is 0 Å². The number of halogens is 5. The van der Waals surface area contributed by atoms with E-state index in [2.05, 4.69) is 10.3 Å². The molecule has 0 aliphatic carbocycles. The van der Waals surface area contributed by atoms with E-state index in [1.807, 2.05) is 30.3 Å². The van der Waals surface area contributed by atoms with Crippen molar-refractivity contribution in [1.82, 2.24) is 5.01 Å². The minimum Gasteiger partial charge on any atom is -0.312 e. The number of carbonyl (C=O) groups excluding carboxylic acids is 1. The first kappa shape index (κ1) is 26.4. The predicted octanol–water partition coefficient (Wildman–Crippen LogP) is 7.75. The van der Waals surface area contributed by atoms with Crippen LogP contribution in [0.5, 0.6) is 0 Å². The van der Waals surface area contributed by atoms with Gasteiger partial charge in [-0.05, 0) is 48.4 Å². The number of oxime groups is 1. The van der Waals surface area contributed by atoms with Crippen LogP contribution in [-0.2, 0) is 15.8 Å². The first-order valence-electron chi connectivity index (χ1n) is 11.1. The fourth-order valence-corrected chi connectivity index (χ4v) is 4.28. The van der Waals surface area contributed by atoms with Crippen LogP contribution in [0.3, 0.4) is 0 Å². The quantitative estimate of drug-likeness (QED) is 0.108. The van der Waals surface area contributed by atoms with Gasteiger partial charge in [0, 0.05) is 23.1 Å². The topological polar surface area (TPSA) is 54.3 Å². The van der Waals surface area contributed by atoms with Crippen LogP contribution < -0.4 is 0 Å². The molecule has 0 amide bonds. The van der Waals surface area contributed by atoms with Crippen LogP contribution in [0.25, 0.3) is 6.08 Å². The lowest BCUT2D eigenvalue weighted by Gasteiger charge is -2.23. The molecule has 1 unspecified atom stereocenters. The molecule has 1 aliphatic rings. The third-order valence-corrected chi connectivity index (χ3v) is 6.13. The molecule has 1 aliphatic heterocycles. The Morgan fingerprint density at radius 3 is 2.43 bits per heavy atom. The molecule has 0 radical (unpaired) electrons. The first-order valence-corrected chi connectivity index (χ1v) is 11.9. The fourth-order valence-electron chi connectivity index (χ4n) is 3.76. The highest BCUT2D eigenvalue weighted by Gasteiger charge is 2.34. The number of alkyl halides is 3. The van der Waals surface area contributed by atoms with Crippen LogP contribution in [0.4, 0.5) is 13.2 Å². The summed E-state index contributed by atoms with van der Waals surface area (Å²) < 4.78 is 39.2. The van der Waals surface area contributed by atoms with Crippen LogP contribution in [-0.4, -0.2) is 22.5 Å². The molecule has 0 aromatic heterocycles. The molecular formula is C27H20Cl2F3N3O2. The van der Waals surface area contributed by atoms with Crippen molar-refractivity contribution < 1.29 is 22.8 Å². The summed E-state index contributed by atoms with van der Waals surface area (Å²) in [4.78, 5) is 17.2. The van der Waals surface area contributed by atoms with Gasteiger partial charge in [0.15, 0.2) is 5.84 Å². The van der Waals surface area contributed by atoms with Crippen LogP contribution >= 0.6 is 23.2 Å². The van der Waals surface area contributed by atoms with E-state index in [4.69, 9.17) is 28.0 Å².